The molecule has 0 unspecified atom stereocenters. The normalized spacial score (nSPS) is 10.1. The lowest BCUT2D eigenvalue weighted by molar-refractivity contribution is 0.301. The molecule has 0 amide bonds. The Labute approximate surface area is 99.1 Å². The van der Waals surface area contributed by atoms with E-state index in [0.29, 0.717) is 17.4 Å². The third-order valence-corrected chi connectivity index (χ3v) is 2.37. The van der Waals surface area contributed by atoms with Crippen LogP contribution in [0.25, 0.3) is 0 Å². The fourth-order valence-corrected chi connectivity index (χ4v) is 1.57. The van der Waals surface area contributed by atoms with Crippen molar-refractivity contribution in [3.8, 4) is 5.75 Å². The van der Waals surface area contributed by atoms with E-state index in [1.807, 2.05) is 25.1 Å². The van der Waals surface area contributed by atoms with Crippen LogP contribution >= 0.6 is 11.6 Å². The number of halogens is 1. The first-order valence-electron chi connectivity index (χ1n) is 4.89. The molecule has 0 N–H and O–H groups in total. The highest BCUT2D eigenvalue weighted by molar-refractivity contribution is 6.32. The van der Waals surface area contributed by atoms with Gasteiger partial charge in [0.05, 0.1) is 16.9 Å². The molecule has 2 aromatic rings. The van der Waals surface area contributed by atoms with E-state index in [0.717, 1.165) is 11.3 Å². The second-order valence-electron chi connectivity index (χ2n) is 3.42. The molecule has 3 nitrogen and oxygen atoms in total. The number of nitrogens with zero attached hydrogens (tertiary/aromatic N) is 2. The van der Waals surface area contributed by atoms with Crippen molar-refractivity contribution in [3.63, 3.8) is 0 Å². The van der Waals surface area contributed by atoms with Crippen LogP contribution in [-0.4, -0.2) is 9.97 Å². The summed E-state index contributed by atoms with van der Waals surface area (Å²) in [7, 11) is 0. The van der Waals surface area contributed by atoms with Crippen LogP contribution in [0.3, 0.4) is 0 Å². The van der Waals surface area contributed by atoms with Gasteiger partial charge >= 0.3 is 0 Å². The zero-order valence-electron chi connectivity index (χ0n) is 8.85. The van der Waals surface area contributed by atoms with Gasteiger partial charge in [-0.15, -0.1) is 0 Å². The van der Waals surface area contributed by atoms with Gasteiger partial charge < -0.3 is 4.74 Å². The Hall–Kier alpha value is -1.61. The monoisotopic (exact) mass is 234 g/mol. The van der Waals surface area contributed by atoms with Gasteiger partial charge in [-0.1, -0.05) is 17.7 Å². The summed E-state index contributed by atoms with van der Waals surface area (Å²) >= 11 is 6.03. The molecule has 0 aliphatic carbocycles. The summed E-state index contributed by atoms with van der Waals surface area (Å²) in [6.45, 7) is 2.36. The standard InChI is InChI=1S/C12H11ClN2O/c1-9-2-3-12(11(13)6-9)16-8-10-7-14-4-5-15-10/h2-7H,8H2,1H3. The van der Waals surface area contributed by atoms with Gasteiger partial charge in [0, 0.05) is 12.4 Å². The van der Waals surface area contributed by atoms with Gasteiger partial charge in [-0.2, -0.15) is 0 Å². The van der Waals surface area contributed by atoms with Crippen molar-refractivity contribution in [1.29, 1.82) is 0 Å². The van der Waals surface area contributed by atoms with Crippen LogP contribution in [0.2, 0.25) is 5.02 Å². The molecule has 0 saturated carbocycles. The molecule has 0 radical (unpaired) electrons. The van der Waals surface area contributed by atoms with Gasteiger partial charge in [0.1, 0.15) is 12.4 Å². The molecule has 0 spiro atoms. The van der Waals surface area contributed by atoms with Gasteiger partial charge in [0.15, 0.2) is 0 Å². The Morgan fingerprint density at radius 2 is 2.19 bits per heavy atom. The van der Waals surface area contributed by atoms with Crippen molar-refractivity contribution in [2.24, 2.45) is 0 Å². The Bertz CT molecular complexity index is 474. The lowest BCUT2D eigenvalue weighted by Gasteiger charge is -2.07. The van der Waals surface area contributed by atoms with Crippen LogP contribution in [0.5, 0.6) is 5.75 Å². The molecule has 0 saturated heterocycles. The zero-order valence-corrected chi connectivity index (χ0v) is 9.61. The van der Waals surface area contributed by atoms with Gasteiger partial charge in [-0.3, -0.25) is 9.97 Å². The quantitative estimate of drug-likeness (QED) is 0.819. The van der Waals surface area contributed by atoms with E-state index in [9.17, 15) is 0 Å². The number of hydrogen-bond acceptors (Lipinski definition) is 3. The summed E-state index contributed by atoms with van der Waals surface area (Å²) in [4.78, 5) is 8.07. The van der Waals surface area contributed by atoms with Crippen LogP contribution < -0.4 is 4.74 Å². The second-order valence-corrected chi connectivity index (χ2v) is 3.83. The molecule has 0 bridgehead atoms. The number of rotatable bonds is 3. The zero-order chi connectivity index (χ0) is 11.4. The topological polar surface area (TPSA) is 35.0 Å². The first kappa shape index (κ1) is 10.9. The largest absolute Gasteiger partial charge is 0.486 e. The minimum atomic E-state index is 0.372. The minimum Gasteiger partial charge on any atom is -0.486 e. The molecular formula is C12H11ClN2O. The molecule has 82 valence electrons. The summed E-state index contributed by atoms with van der Waals surface area (Å²) in [6.07, 6.45) is 4.93. The molecule has 1 heterocycles. The van der Waals surface area contributed by atoms with Gasteiger partial charge in [-0.05, 0) is 24.6 Å². The molecular weight excluding hydrogens is 224 g/mol. The number of aryl methyl sites for hydroxylation is 1. The first-order valence-corrected chi connectivity index (χ1v) is 5.27. The van der Waals surface area contributed by atoms with Gasteiger partial charge in [0.25, 0.3) is 0 Å². The molecule has 0 atom stereocenters. The van der Waals surface area contributed by atoms with Gasteiger partial charge in [0.2, 0.25) is 0 Å². The van der Waals surface area contributed by atoms with Crippen molar-refractivity contribution >= 4 is 11.6 Å². The summed E-state index contributed by atoms with van der Waals surface area (Å²) in [6, 6.07) is 5.68. The molecule has 16 heavy (non-hydrogen) atoms. The van der Waals surface area contributed by atoms with Crippen LogP contribution in [-0.2, 0) is 6.61 Å². The maximum atomic E-state index is 6.03. The van der Waals surface area contributed by atoms with Crippen LogP contribution in [0.1, 0.15) is 11.3 Å². The number of benzene rings is 1. The van der Waals surface area contributed by atoms with Crippen LogP contribution in [0.15, 0.2) is 36.8 Å². The smallest absolute Gasteiger partial charge is 0.138 e. The Kier molecular flexibility index (Phi) is 3.37. The molecule has 1 aromatic heterocycles. The Morgan fingerprint density at radius 1 is 1.31 bits per heavy atom. The van der Waals surface area contributed by atoms with Crippen molar-refractivity contribution < 1.29 is 4.74 Å². The highest BCUT2D eigenvalue weighted by Gasteiger charge is 2.02. The summed E-state index contributed by atoms with van der Waals surface area (Å²) in [5.74, 6) is 0.665. The van der Waals surface area contributed by atoms with E-state index >= 15 is 0 Å². The average Bonchev–Trinajstić information content (AvgIpc) is 2.29. The highest BCUT2D eigenvalue weighted by atomic mass is 35.5. The lowest BCUT2D eigenvalue weighted by Crippen LogP contribution is -1.98. The predicted octanol–water partition coefficient (Wildman–Crippen LogP) is 3.02. The maximum absolute atomic E-state index is 6.03. The maximum Gasteiger partial charge on any atom is 0.138 e. The first-order chi connectivity index (χ1) is 7.75. The number of hydrogen-bond donors (Lipinski definition) is 0. The van der Waals surface area contributed by atoms with E-state index in [4.69, 9.17) is 16.3 Å². The van der Waals surface area contributed by atoms with E-state index in [-0.39, 0.29) is 0 Å². The molecule has 1 aromatic carbocycles. The van der Waals surface area contributed by atoms with Crippen LogP contribution in [0.4, 0.5) is 0 Å². The SMILES string of the molecule is Cc1ccc(OCc2cnccn2)c(Cl)c1. The lowest BCUT2D eigenvalue weighted by atomic mass is 10.2. The second kappa shape index (κ2) is 4.94. The molecule has 4 heteroatoms. The fraction of sp³-hybridized carbons (Fsp3) is 0.167. The van der Waals surface area contributed by atoms with E-state index in [2.05, 4.69) is 9.97 Å². The highest BCUT2D eigenvalue weighted by Crippen LogP contribution is 2.25. The van der Waals surface area contributed by atoms with Crippen molar-refractivity contribution in [1.82, 2.24) is 9.97 Å². The summed E-state index contributed by atoms with van der Waals surface area (Å²) in [5.41, 5.74) is 1.89. The molecule has 0 aliphatic rings. The van der Waals surface area contributed by atoms with Crippen molar-refractivity contribution in [3.05, 3.63) is 53.1 Å². The molecule has 2 rings (SSSR count). The van der Waals surface area contributed by atoms with Gasteiger partial charge in [-0.25, -0.2) is 0 Å². The minimum absolute atomic E-state index is 0.372. The summed E-state index contributed by atoms with van der Waals surface area (Å²) in [5, 5.41) is 0.615. The molecule has 0 fully saturated rings. The third kappa shape index (κ3) is 2.70. The van der Waals surface area contributed by atoms with Crippen molar-refractivity contribution in [2.75, 3.05) is 0 Å². The average molecular weight is 235 g/mol. The number of ether oxygens (including phenoxy) is 1. The fourth-order valence-electron chi connectivity index (χ4n) is 1.28. The molecule has 0 aliphatic heterocycles. The number of aromatic nitrogens is 2. The Balaban J connectivity index is 2.05. The third-order valence-electron chi connectivity index (χ3n) is 2.08. The van der Waals surface area contributed by atoms with Crippen molar-refractivity contribution in [2.45, 2.75) is 13.5 Å². The van der Waals surface area contributed by atoms with E-state index in [1.54, 1.807) is 18.6 Å². The summed E-state index contributed by atoms with van der Waals surface area (Å²) < 4.78 is 5.54. The van der Waals surface area contributed by atoms with E-state index in [1.165, 1.54) is 0 Å². The Morgan fingerprint density at radius 3 is 2.88 bits per heavy atom. The van der Waals surface area contributed by atoms with E-state index < -0.39 is 0 Å². The van der Waals surface area contributed by atoms with Crippen LogP contribution in [0, 0.1) is 6.92 Å². The predicted molar refractivity (Wildman–Crippen MR) is 62.6 cm³/mol.